The van der Waals surface area contributed by atoms with Crippen LogP contribution in [0.25, 0.3) is 0 Å². The van der Waals surface area contributed by atoms with E-state index in [0.717, 1.165) is 5.75 Å². The summed E-state index contributed by atoms with van der Waals surface area (Å²) >= 11 is 7.42. The third-order valence-corrected chi connectivity index (χ3v) is 2.92. The van der Waals surface area contributed by atoms with Gasteiger partial charge in [0, 0.05) is 24.4 Å². The molecule has 0 bridgehead atoms. The standard InChI is InChI=1S/C10H11ClN2O3S/c1-17-5-4-12-10(14)8-3-2-7(13(15)16)6-9(8)11/h2-3,6H,4-5H2,1H3,(H,12,14). The van der Waals surface area contributed by atoms with Gasteiger partial charge in [-0.15, -0.1) is 0 Å². The Kier molecular flexibility index (Phi) is 5.24. The molecule has 0 heterocycles. The predicted octanol–water partition coefficient (Wildman–Crippen LogP) is 2.34. The molecule has 1 amide bonds. The zero-order chi connectivity index (χ0) is 12.8. The van der Waals surface area contributed by atoms with Crippen LogP contribution in [0.4, 0.5) is 5.69 Å². The summed E-state index contributed by atoms with van der Waals surface area (Å²) in [6.45, 7) is 0.535. The molecule has 0 spiro atoms. The van der Waals surface area contributed by atoms with Crippen LogP contribution >= 0.6 is 23.4 Å². The lowest BCUT2D eigenvalue weighted by molar-refractivity contribution is -0.384. The van der Waals surface area contributed by atoms with Crippen LogP contribution in [-0.2, 0) is 0 Å². The molecule has 5 nitrogen and oxygen atoms in total. The number of carbonyl (C=O) groups excluding carboxylic acids is 1. The lowest BCUT2D eigenvalue weighted by Crippen LogP contribution is -2.25. The van der Waals surface area contributed by atoms with Crippen molar-refractivity contribution in [2.45, 2.75) is 0 Å². The highest BCUT2D eigenvalue weighted by Gasteiger charge is 2.14. The summed E-state index contributed by atoms with van der Waals surface area (Å²) < 4.78 is 0. The number of hydrogen-bond acceptors (Lipinski definition) is 4. The zero-order valence-electron chi connectivity index (χ0n) is 9.10. The van der Waals surface area contributed by atoms with E-state index in [-0.39, 0.29) is 22.2 Å². The Bertz CT molecular complexity index is 440. The number of non-ortho nitro benzene ring substituents is 1. The Hall–Kier alpha value is -1.27. The van der Waals surface area contributed by atoms with E-state index >= 15 is 0 Å². The number of nitrogens with one attached hydrogen (secondary N) is 1. The van der Waals surface area contributed by atoms with Crippen LogP contribution in [0.15, 0.2) is 18.2 Å². The number of halogens is 1. The second kappa shape index (κ2) is 6.46. The third-order valence-electron chi connectivity index (χ3n) is 2.00. The normalized spacial score (nSPS) is 10.0. The molecule has 1 N–H and O–H groups in total. The van der Waals surface area contributed by atoms with Crippen molar-refractivity contribution in [1.29, 1.82) is 0 Å². The van der Waals surface area contributed by atoms with Crippen molar-refractivity contribution in [2.24, 2.45) is 0 Å². The van der Waals surface area contributed by atoms with Crippen molar-refractivity contribution in [2.75, 3.05) is 18.6 Å². The minimum atomic E-state index is -0.554. The van der Waals surface area contributed by atoms with Gasteiger partial charge in [-0.2, -0.15) is 11.8 Å². The van der Waals surface area contributed by atoms with Crippen LogP contribution in [-0.4, -0.2) is 29.4 Å². The highest BCUT2D eigenvalue weighted by molar-refractivity contribution is 7.98. The number of rotatable bonds is 5. The molecule has 1 rings (SSSR count). The van der Waals surface area contributed by atoms with Crippen LogP contribution in [0.5, 0.6) is 0 Å². The number of amides is 1. The maximum atomic E-state index is 11.6. The molecule has 0 radical (unpaired) electrons. The first-order chi connectivity index (χ1) is 8.06. The zero-order valence-corrected chi connectivity index (χ0v) is 10.7. The smallest absolute Gasteiger partial charge is 0.270 e. The van der Waals surface area contributed by atoms with Gasteiger partial charge in [-0.1, -0.05) is 11.6 Å². The van der Waals surface area contributed by atoms with Crippen molar-refractivity contribution in [3.63, 3.8) is 0 Å². The second-order valence-corrected chi connectivity index (χ2v) is 4.56. The van der Waals surface area contributed by atoms with E-state index < -0.39 is 4.92 Å². The van der Waals surface area contributed by atoms with Gasteiger partial charge in [0.1, 0.15) is 0 Å². The van der Waals surface area contributed by atoms with Crippen LogP contribution in [0.2, 0.25) is 5.02 Å². The first kappa shape index (κ1) is 13.8. The molecule has 1 aromatic carbocycles. The highest BCUT2D eigenvalue weighted by Crippen LogP contribution is 2.22. The number of nitro benzene ring substituents is 1. The molecule has 0 atom stereocenters. The van der Waals surface area contributed by atoms with Crippen LogP contribution < -0.4 is 5.32 Å². The van der Waals surface area contributed by atoms with Crippen molar-refractivity contribution >= 4 is 35.0 Å². The summed E-state index contributed by atoms with van der Waals surface area (Å²) in [6.07, 6.45) is 1.94. The van der Waals surface area contributed by atoms with Gasteiger partial charge in [-0.3, -0.25) is 14.9 Å². The van der Waals surface area contributed by atoms with Gasteiger partial charge >= 0.3 is 0 Å². The topological polar surface area (TPSA) is 72.2 Å². The summed E-state index contributed by atoms with van der Waals surface area (Å²) in [6, 6.07) is 3.79. The molecule has 17 heavy (non-hydrogen) atoms. The average Bonchev–Trinajstić information content (AvgIpc) is 2.28. The number of nitrogens with zero attached hydrogens (tertiary/aromatic N) is 1. The predicted molar refractivity (Wildman–Crippen MR) is 68.8 cm³/mol. The van der Waals surface area contributed by atoms with Gasteiger partial charge in [0.25, 0.3) is 11.6 Å². The maximum Gasteiger partial charge on any atom is 0.270 e. The van der Waals surface area contributed by atoms with E-state index in [2.05, 4.69) is 5.32 Å². The van der Waals surface area contributed by atoms with E-state index in [1.54, 1.807) is 11.8 Å². The van der Waals surface area contributed by atoms with Gasteiger partial charge in [-0.25, -0.2) is 0 Å². The lowest BCUT2D eigenvalue weighted by atomic mass is 10.2. The number of thioether (sulfide) groups is 1. The molecule has 0 aromatic heterocycles. The molecule has 0 saturated heterocycles. The van der Waals surface area contributed by atoms with E-state index in [0.29, 0.717) is 6.54 Å². The summed E-state index contributed by atoms with van der Waals surface area (Å²) in [5, 5.41) is 13.2. The molecule has 1 aromatic rings. The quantitative estimate of drug-likeness (QED) is 0.508. The van der Waals surface area contributed by atoms with Crippen LogP contribution in [0.1, 0.15) is 10.4 Å². The molecule has 0 fully saturated rings. The van der Waals surface area contributed by atoms with Gasteiger partial charge in [0.15, 0.2) is 0 Å². The average molecular weight is 275 g/mol. The largest absolute Gasteiger partial charge is 0.351 e. The molecule has 0 aliphatic heterocycles. The number of benzene rings is 1. The van der Waals surface area contributed by atoms with E-state index in [9.17, 15) is 14.9 Å². The van der Waals surface area contributed by atoms with E-state index in [4.69, 9.17) is 11.6 Å². The molecule has 0 unspecified atom stereocenters. The van der Waals surface area contributed by atoms with Crippen LogP contribution in [0.3, 0.4) is 0 Å². The molecule has 92 valence electrons. The fourth-order valence-electron chi connectivity index (χ4n) is 1.16. The van der Waals surface area contributed by atoms with Crippen molar-refractivity contribution in [3.05, 3.63) is 38.9 Å². The van der Waals surface area contributed by atoms with Gasteiger partial charge < -0.3 is 5.32 Å². The monoisotopic (exact) mass is 274 g/mol. The van der Waals surface area contributed by atoms with E-state index in [1.165, 1.54) is 18.2 Å². The molecular weight excluding hydrogens is 264 g/mol. The summed E-state index contributed by atoms with van der Waals surface area (Å²) in [4.78, 5) is 21.6. The Balaban J connectivity index is 2.78. The lowest BCUT2D eigenvalue weighted by Gasteiger charge is -2.05. The van der Waals surface area contributed by atoms with Crippen molar-refractivity contribution in [1.82, 2.24) is 5.32 Å². The number of hydrogen-bond donors (Lipinski definition) is 1. The third kappa shape index (κ3) is 3.90. The summed E-state index contributed by atoms with van der Waals surface area (Å²) in [5.41, 5.74) is 0.119. The van der Waals surface area contributed by atoms with Crippen molar-refractivity contribution in [3.8, 4) is 0 Å². The summed E-state index contributed by atoms with van der Waals surface area (Å²) in [5.74, 6) is 0.482. The number of carbonyl (C=O) groups is 1. The second-order valence-electron chi connectivity index (χ2n) is 3.17. The van der Waals surface area contributed by atoms with E-state index in [1.807, 2.05) is 6.26 Å². The number of nitro groups is 1. The molecule has 0 saturated carbocycles. The minimum Gasteiger partial charge on any atom is -0.351 e. The molecule has 0 aliphatic rings. The highest BCUT2D eigenvalue weighted by atomic mass is 35.5. The Labute approximate surface area is 108 Å². The molecular formula is C10H11ClN2O3S. The molecule has 0 aliphatic carbocycles. The minimum absolute atomic E-state index is 0.0841. The van der Waals surface area contributed by atoms with Gasteiger partial charge in [0.2, 0.25) is 0 Å². The fourth-order valence-corrected chi connectivity index (χ4v) is 1.73. The van der Waals surface area contributed by atoms with Gasteiger partial charge in [-0.05, 0) is 12.3 Å². The maximum absolute atomic E-state index is 11.6. The Morgan fingerprint density at radius 1 is 1.59 bits per heavy atom. The first-order valence-electron chi connectivity index (χ1n) is 4.77. The Morgan fingerprint density at radius 3 is 2.82 bits per heavy atom. The fraction of sp³-hybridized carbons (Fsp3) is 0.300. The summed E-state index contributed by atoms with van der Waals surface area (Å²) in [7, 11) is 0. The molecule has 7 heteroatoms. The first-order valence-corrected chi connectivity index (χ1v) is 6.54. The van der Waals surface area contributed by atoms with Crippen LogP contribution in [0, 0.1) is 10.1 Å². The van der Waals surface area contributed by atoms with Gasteiger partial charge in [0.05, 0.1) is 15.5 Å². The SMILES string of the molecule is CSCCNC(=O)c1ccc([N+](=O)[O-])cc1Cl. The Morgan fingerprint density at radius 2 is 2.29 bits per heavy atom. The van der Waals surface area contributed by atoms with Crippen molar-refractivity contribution < 1.29 is 9.72 Å².